The van der Waals surface area contributed by atoms with Crippen LogP contribution in [0.1, 0.15) is 11.3 Å². The van der Waals surface area contributed by atoms with Gasteiger partial charge in [0.1, 0.15) is 6.33 Å². The minimum absolute atomic E-state index is 0.261. The van der Waals surface area contributed by atoms with Gasteiger partial charge in [0.05, 0.1) is 22.8 Å². The van der Waals surface area contributed by atoms with Gasteiger partial charge in [0.2, 0.25) is 0 Å². The van der Waals surface area contributed by atoms with Crippen LogP contribution in [0.15, 0.2) is 41.7 Å². The summed E-state index contributed by atoms with van der Waals surface area (Å²) >= 11 is 7.71. The highest BCUT2D eigenvalue weighted by Crippen LogP contribution is 2.29. The zero-order valence-corrected chi connectivity index (χ0v) is 16.1. The number of nitrogens with one attached hydrogen (secondary N) is 1. The van der Waals surface area contributed by atoms with Gasteiger partial charge in [0.15, 0.2) is 0 Å². The summed E-state index contributed by atoms with van der Waals surface area (Å²) in [6, 6.07) is 7.87. The molecule has 3 aromatic rings. The molecule has 2 atom stereocenters. The number of halogens is 1. The first-order valence-electron chi connectivity index (χ1n) is 8.66. The second-order valence-corrected chi connectivity index (χ2v) is 8.31. The Kier molecular flexibility index (Phi) is 5.18. The lowest BCUT2D eigenvalue weighted by atomic mass is 10.1. The molecule has 0 spiro atoms. The third kappa shape index (κ3) is 3.74. The van der Waals surface area contributed by atoms with Crippen LogP contribution < -0.4 is 0 Å². The summed E-state index contributed by atoms with van der Waals surface area (Å²) in [6.07, 6.45) is 3.32. The van der Waals surface area contributed by atoms with Gasteiger partial charge in [-0.3, -0.25) is 4.90 Å². The number of hydrogen-bond acceptors (Lipinski definition) is 5. The molecular weight excluding hydrogens is 368 g/mol. The Hall–Kier alpha value is -1.60. The van der Waals surface area contributed by atoms with Crippen molar-refractivity contribution in [3.63, 3.8) is 0 Å². The number of benzene rings is 1. The molecule has 1 aromatic carbocycles. The van der Waals surface area contributed by atoms with Crippen LogP contribution in [0.5, 0.6) is 0 Å². The van der Waals surface area contributed by atoms with Gasteiger partial charge in [0.25, 0.3) is 0 Å². The van der Waals surface area contributed by atoms with Crippen molar-refractivity contribution in [1.29, 1.82) is 0 Å². The summed E-state index contributed by atoms with van der Waals surface area (Å²) < 4.78 is 0. The lowest BCUT2D eigenvalue weighted by Gasteiger charge is -2.15. The van der Waals surface area contributed by atoms with Crippen molar-refractivity contribution in [2.45, 2.75) is 24.5 Å². The molecular formula is C19H21ClN4OS. The topological polar surface area (TPSA) is 65.0 Å². The Morgan fingerprint density at radius 1 is 1.27 bits per heavy atom. The average Bonchev–Trinajstić information content (AvgIpc) is 3.19. The SMILES string of the molecule is Cc1ncnc2c(CN3CC(O)C(CSc4ccc(Cl)cc4)C3)c[nH]c12. The first-order valence-corrected chi connectivity index (χ1v) is 10.0. The summed E-state index contributed by atoms with van der Waals surface area (Å²) in [5.74, 6) is 1.16. The fourth-order valence-electron chi connectivity index (χ4n) is 3.45. The number of aromatic nitrogens is 3. The zero-order valence-electron chi connectivity index (χ0n) is 14.5. The maximum Gasteiger partial charge on any atom is 0.116 e. The monoisotopic (exact) mass is 388 g/mol. The second kappa shape index (κ2) is 7.56. The predicted molar refractivity (Wildman–Crippen MR) is 106 cm³/mol. The predicted octanol–water partition coefficient (Wildman–Crippen LogP) is 3.50. The molecule has 2 unspecified atom stereocenters. The van der Waals surface area contributed by atoms with Gasteiger partial charge in [-0.2, -0.15) is 0 Å². The molecule has 4 rings (SSSR count). The molecule has 0 radical (unpaired) electrons. The quantitative estimate of drug-likeness (QED) is 0.655. The first kappa shape index (κ1) is 17.8. The number of aryl methyl sites for hydroxylation is 1. The molecule has 1 fully saturated rings. The third-order valence-electron chi connectivity index (χ3n) is 4.89. The summed E-state index contributed by atoms with van der Waals surface area (Å²) in [4.78, 5) is 15.4. The summed E-state index contributed by atoms with van der Waals surface area (Å²) in [5.41, 5.74) is 4.09. The van der Waals surface area contributed by atoms with E-state index in [0.717, 1.165) is 46.2 Å². The number of likely N-dealkylation sites (tertiary alicyclic amines) is 1. The number of thioether (sulfide) groups is 1. The van der Waals surface area contributed by atoms with E-state index in [1.807, 2.05) is 37.4 Å². The van der Waals surface area contributed by atoms with Gasteiger partial charge in [-0.15, -0.1) is 11.8 Å². The highest BCUT2D eigenvalue weighted by molar-refractivity contribution is 7.99. The number of fused-ring (bicyclic) bond motifs is 1. The van der Waals surface area contributed by atoms with E-state index in [-0.39, 0.29) is 12.0 Å². The number of nitrogens with zero attached hydrogens (tertiary/aromatic N) is 3. The van der Waals surface area contributed by atoms with E-state index < -0.39 is 0 Å². The molecule has 1 aliphatic heterocycles. The van der Waals surface area contributed by atoms with E-state index in [2.05, 4.69) is 19.9 Å². The minimum Gasteiger partial charge on any atom is -0.391 e. The van der Waals surface area contributed by atoms with Crippen molar-refractivity contribution in [3.8, 4) is 0 Å². The Labute approximate surface area is 161 Å². The van der Waals surface area contributed by atoms with Crippen LogP contribution >= 0.6 is 23.4 Å². The fourth-order valence-corrected chi connectivity index (χ4v) is 4.64. The van der Waals surface area contributed by atoms with Crippen LogP contribution in [0.4, 0.5) is 0 Å². The minimum atomic E-state index is -0.295. The molecule has 1 saturated heterocycles. The van der Waals surface area contributed by atoms with Crippen molar-refractivity contribution in [2.75, 3.05) is 18.8 Å². The molecule has 0 amide bonds. The van der Waals surface area contributed by atoms with Crippen molar-refractivity contribution in [2.24, 2.45) is 5.92 Å². The number of aliphatic hydroxyl groups is 1. The van der Waals surface area contributed by atoms with Gasteiger partial charge < -0.3 is 10.1 Å². The molecule has 7 heteroatoms. The van der Waals surface area contributed by atoms with Crippen LogP contribution in [0, 0.1) is 12.8 Å². The number of β-amino-alcohol motifs (C(OH)–C–C–N with tert-alkyl or cyclic N) is 1. The van der Waals surface area contributed by atoms with Gasteiger partial charge >= 0.3 is 0 Å². The largest absolute Gasteiger partial charge is 0.391 e. The second-order valence-electron chi connectivity index (χ2n) is 6.78. The Bertz CT molecular complexity index is 898. The molecule has 0 saturated carbocycles. The Morgan fingerprint density at radius 2 is 2.08 bits per heavy atom. The smallest absolute Gasteiger partial charge is 0.116 e. The molecule has 1 aliphatic rings. The number of rotatable bonds is 5. The molecule has 0 aliphatic carbocycles. The zero-order chi connectivity index (χ0) is 18.1. The van der Waals surface area contributed by atoms with Crippen molar-refractivity contribution in [1.82, 2.24) is 19.9 Å². The number of hydrogen-bond donors (Lipinski definition) is 2. The number of H-pyrrole nitrogens is 1. The average molecular weight is 389 g/mol. The van der Waals surface area contributed by atoms with Gasteiger partial charge in [0, 0.05) is 53.0 Å². The van der Waals surface area contributed by atoms with E-state index in [1.165, 1.54) is 4.90 Å². The molecule has 2 aromatic heterocycles. The van der Waals surface area contributed by atoms with Crippen LogP contribution in [0.25, 0.3) is 11.0 Å². The summed E-state index contributed by atoms with van der Waals surface area (Å²) in [7, 11) is 0. The van der Waals surface area contributed by atoms with Gasteiger partial charge in [-0.25, -0.2) is 9.97 Å². The van der Waals surface area contributed by atoms with Crippen LogP contribution in [0.2, 0.25) is 5.02 Å². The highest BCUT2D eigenvalue weighted by Gasteiger charge is 2.31. The first-order chi connectivity index (χ1) is 12.6. The summed E-state index contributed by atoms with van der Waals surface area (Å²) in [5, 5.41) is 11.2. The molecule has 3 heterocycles. The van der Waals surface area contributed by atoms with Crippen LogP contribution in [-0.4, -0.2) is 49.9 Å². The van der Waals surface area contributed by atoms with Gasteiger partial charge in [-0.1, -0.05) is 11.6 Å². The summed E-state index contributed by atoms with van der Waals surface area (Å²) in [6.45, 7) is 4.35. The van der Waals surface area contributed by atoms with E-state index in [4.69, 9.17) is 11.6 Å². The lowest BCUT2D eigenvalue weighted by Crippen LogP contribution is -2.21. The highest BCUT2D eigenvalue weighted by atomic mass is 35.5. The molecule has 5 nitrogen and oxygen atoms in total. The van der Waals surface area contributed by atoms with Gasteiger partial charge in [-0.05, 0) is 31.2 Å². The normalized spacial score (nSPS) is 20.9. The third-order valence-corrected chi connectivity index (χ3v) is 6.34. The number of aromatic amines is 1. The fraction of sp³-hybridized carbons (Fsp3) is 0.368. The van der Waals surface area contributed by atoms with E-state index in [9.17, 15) is 5.11 Å². The molecule has 26 heavy (non-hydrogen) atoms. The molecule has 2 N–H and O–H groups in total. The van der Waals surface area contributed by atoms with Crippen LogP contribution in [0.3, 0.4) is 0 Å². The van der Waals surface area contributed by atoms with Crippen molar-refractivity contribution < 1.29 is 5.11 Å². The maximum absolute atomic E-state index is 10.5. The van der Waals surface area contributed by atoms with Crippen molar-refractivity contribution >= 4 is 34.4 Å². The number of aliphatic hydroxyl groups excluding tert-OH is 1. The van der Waals surface area contributed by atoms with E-state index in [0.29, 0.717) is 6.54 Å². The standard InChI is InChI=1S/C19H21ClN4OS/c1-12-18-19(23-11-22-12)13(6-21-18)7-24-8-14(17(25)9-24)10-26-16-4-2-15(20)3-5-16/h2-6,11,14,17,21,25H,7-10H2,1H3. The lowest BCUT2D eigenvalue weighted by molar-refractivity contribution is 0.149. The molecule has 136 valence electrons. The molecule has 0 bridgehead atoms. The van der Waals surface area contributed by atoms with Crippen LogP contribution in [-0.2, 0) is 6.54 Å². The van der Waals surface area contributed by atoms with Crippen molar-refractivity contribution in [3.05, 3.63) is 53.1 Å². The Balaban J connectivity index is 1.38. The Morgan fingerprint density at radius 3 is 2.88 bits per heavy atom. The van der Waals surface area contributed by atoms with E-state index >= 15 is 0 Å². The maximum atomic E-state index is 10.5. The van der Waals surface area contributed by atoms with E-state index in [1.54, 1.807) is 18.1 Å².